The van der Waals surface area contributed by atoms with Gasteiger partial charge in [0.2, 0.25) is 0 Å². The van der Waals surface area contributed by atoms with E-state index in [1.54, 1.807) is 12.1 Å². The van der Waals surface area contributed by atoms with Crippen molar-refractivity contribution >= 4 is 5.82 Å². The van der Waals surface area contributed by atoms with E-state index < -0.39 is 18.0 Å². The highest BCUT2D eigenvalue weighted by molar-refractivity contribution is 5.56. The van der Waals surface area contributed by atoms with Crippen molar-refractivity contribution in [2.75, 3.05) is 11.9 Å². The number of nitrogens with one attached hydrogen (secondary N) is 1. The van der Waals surface area contributed by atoms with Crippen molar-refractivity contribution in [1.29, 1.82) is 0 Å². The summed E-state index contributed by atoms with van der Waals surface area (Å²) in [5.41, 5.74) is -0.632. The first-order valence-electron chi connectivity index (χ1n) is 8.22. The van der Waals surface area contributed by atoms with Gasteiger partial charge >= 0.3 is 6.18 Å². The molecule has 0 saturated heterocycles. The topological polar surface area (TPSA) is 70.9 Å². The smallest absolute Gasteiger partial charge is 0.391 e. The lowest BCUT2D eigenvalue weighted by atomic mass is 10.0. The van der Waals surface area contributed by atoms with Gasteiger partial charge in [-0.2, -0.15) is 13.2 Å². The summed E-state index contributed by atoms with van der Waals surface area (Å²) in [6.07, 6.45) is 1.80. The van der Waals surface area contributed by atoms with Crippen LogP contribution in [0.1, 0.15) is 31.4 Å². The van der Waals surface area contributed by atoms with E-state index in [0.717, 1.165) is 31.7 Å². The molecule has 1 saturated carbocycles. The minimum absolute atomic E-state index is 0.0400. The molecule has 3 rings (SSSR count). The minimum atomic E-state index is -4.58. The van der Waals surface area contributed by atoms with Gasteiger partial charge in [-0.05, 0) is 30.9 Å². The first-order chi connectivity index (χ1) is 11.9. The fourth-order valence-electron chi connectivity index (χ4n) is 3.03. The fourth-order valence-corrected chi connectivity index (χ4v) is 3.03. The third-order valence-electron chi connectivity index (χ3n) is 4.37. The zero-order chi connectivity index (χ0) is 17.9. The van der Waals surface area contributed by atoms with E-state index in [9.17, 15) is 18.3 Å². The van der Waals surface area contributed by atoms with Crippen LogP contribution in [-0.2, 0) is 6.18 Å². The van der Waals surface area contributed by atoms with Crippen molar-refractivity contribution in [3.63, 3.8) is 0 Å². The molecule has 0 amide bonds. The Kier molecular flexibility index (Phi) is 5.17. The molecule has 1 aliphatic rings. The summed E-state index contributed by atoms with van der Waals surface area (Å²) in [6.45, 7) is 0.158. The van der Waals surface area contributed by atoms with Crippen molar-refractivity contribution in [3.8, 4) is 11.4 Å². The first-order valence-corrected chi connectivity index (χ1v) is 8.22. The van der Waals surface area contributed by atoms with Crippen LogP contribution in [0.3, 0.4) is 0 Å². The molecule has 1 atom stereocenters. The van der Waals surface area contributed by atoms with Crippen LogP contribution >= 0.6 is 0 Å². The number of hydrogen-bond donors (Lipinski definition) is 2. The van der Waals surface area contributed by atoms with Crippen LogP contribution in [0.5, 0.6) is 0 Å². The van der Waals surface area contributed by atoms with Crippen molar-refractivity contribution < 1.29 is 18.3 Å². The lowest BCUT2D eigenvalue weighted by Gasteiger charge is -2.19. The van der Waals surface area contributed by atoms with E-state index in [-0.39, 0.29) is 24.1 Å². The van der Waals surface area contributed by atoms with Gasteiger partial charge in [0.05, 0.1) is 6.10 Å². The summed E-state index contributed by atoms with van der Waals surface area (Å²) in [5.74, 6) is 0.174. The SMILES string of the molecule is OC(CNc1cc(C(F)(F)F)nc(-c2cccnc2)n1)C1CCCC1. The van der Waals surface area contributed by atoms with Gasteiger partial charge in [-0.1, -0.05) is 12.8 Å². The number of rotatable bonds is 5. The third kappa shape index (κ3) is 4.45. The van der Waals surface area contributed by atoms with Crippen LogP contribution < -0.4 is 5.32 Å². The number of hydrogen-bond acceptors (Lipinski definition) is 5. The lowest BCUT2D eigenvalue weighted by Crippen LogP contribution is -2.27. The summed E-state index contributed by atoms with van der Waals surface area (Å²) >= 11 is 0. The first kappa shape index (κ1) is 17.6. The molecule has 2 aromatic heterocycles. The summed E-state index contributed by atoms with van der Waals surface area (Å²) in [7, 11) is 0. The van der Waals surface area contributed by atoms with Gasteiger partial charge < -0.3 is 10.4 Å². The molecule has 1 fully saturated rings. The maximum absolute atomic E-state index is 13.1. The monoisotopic (exact) mass is 352 g/mol. The average molecular weight is 352 g/mol. The maximum atomic E-state index is 13.1. The minimum Gasteiger partial charge on any atom is -0.391 e. The van der Waals surface area contributed by atoms with E-state index in [0.29, 0.717) is 5.56 Å². The van der Waals surface area contributed by atoms with Gasteiger partial charge in [0.15, 0.2) is 11.5 Å². The second kappa shape index (κ2) is 7.35. The van der Waals surface area contributed by atoms with Crippen LogP contribution in [-0.4, -0.2) is 32.7 Å². The van der Waals surface area contributed by atoms with E-state index in [4.69, 9.17) is 0 Å². The Morgan fingerprint density at radius 1 is 1.24 bits per heavy atom. The fraction of sp³-hybridized carbons (Fsp3) is 0.471. The molecular formula is C17H19F3N4O. The molecule has 0 aromatic carbocycles. The second-order valence-corrected chi connectivity index (χ2v) is 6.19. The molecule has 1 unspecified atom stereocenters. The lowest BCUT2D eigenvalue weighted by molar-refractivity contribution is -0.141. The van der Waals surface area contributed by atoms with Gasteiger partial charge in [-0.15, -0.1) is 0 Å². The highest BCUT2D eigenvalue weighted by Gasteiger charge is 2.34. The van der Waals surface area contributed by atoms with Gasteiger partial charge in [0.25, 0.3) is 0 Å². The Labute approximate surface area is 143 Å². The van der Waals surface area contributed by atoms with Gasteiger partial charge in [-0.25, -0.2) is 9.97 Å². The van der Waals surface area contributed by atoms with Crippen LogP contribution in [0.25, 0.3) is 11.4 Å². The molecule has 2 heterocycles. The number of aromatic nitrogens is 3. The molecule has 0 aliphatic heterocycles. The Hall–Kier alpha value is -2.22. The molecule has 8 heteroatoms. The van der Waals surface area contributed by atoms with Crippen molar-refractivity contribution in [3.05, 3.63) is 36.3 Å². The van der Waals surface area contributed by atoms with Crippen LogP contribution in [0.2, 0.25) is 0 Å². The summed E-state index contributed by atoms with van der Waals surface area (Å²) in [5, 5.41) is 13.0. The van der Waals surface area contributed by atoms with Crippen LogP contribution in [0.15, 0.2) is 30.6 Å². The summed E-state index contributed by atoms with van der Waals surface area (Å²) in [6, 6.07) is 4.07. The quantitative estimate of drug-likeness (QED) is 0.862. The summed E-state index contributed by atoms with van der Waals surface area (Å²) < 4.78 is 39.4. The molecule has 1 aliphatic carbocycles. The molecule has 5 nitrogen and oxygen atoms in total. The van der Waals surface area contributed by atoms with Crippen LogP contribution in [0.4, 0.5) is 19.0 Å². The molecule has 2 aromatic rings. The standard InChI is InChI=1S/C17H19F3N4O/c18-17(19,20)14-8-15(22-10-13(25)11-4-1-2-5-11)24-16(23-14)12-6-3-7-21-9-12/h3,6-9,11,13,25H,1-2,4-5,10H2,(H,22,23,24). The van der Waals surface area contributed by atoms with Gasteiger partial charge in [-0.3, -0.25) is 4.98 Å². The van der Waals surface area contributed by atoms with E-state index in [2.05, 4.69) is 20.3 Å². The molecule has 25 heavy (non-hydrogen) atoms. The van der Waals surface area contributed by atoms with Gasteiger partial charge in [0, 0.05) is 30.6 Å². The second-order valence-electron chi connectivity index (χ2n) is 6.19. The number of aliphatic hydroxyl groups excluding tert-OH is 1. The largest absolute Gasteiger partial charge is 0.433 e. The predicted octanol–water partition coefficient (Wildman–Crippen LogP) is 3.52. The van der Waals surface area contributed by atoms with E-state index in [1.165, 1.54) is 12.4 Å². The predicted molar refractivity (Wildman–Crippen MR) is 86.7 cm³/mol. The molecule has 0 radical (unpaired) electrons. The van der Waals surface area contributed by atoms with Crippen molar-refractivity contribution in [2.24, 2.45) is 5.92 Å². The maximum Gasteiger partial charge on any atom is 0.433 e. The van der Waals surface area contributed by atoms with E-state index >= 15 is 0 Å². The average Bonchev–Trinajstić information content (AvgIpc) is 3.14. The molecule has 0 bridgehead atoms. The van der Waals surface area contributed by atoms with Crippen LogP contribution in [0, 0.1) is 5.92 Å². The highest BCUT2D eigenvalue weighted by atomic mass is 19.4. The van der Waals surface area contributed by atoms with Gasteiger partial charge in [0.1, 0.15) is 5.82 Å². The number of pyridine rings is 1. The zero-order valence-corrected chi connectivity index (χ0v) is 13.5. The zero-order valence-electron chi connectivity index (χ0n) is 13.5. The Morgan fingerprint density at radius 3 is 2.64 bits per heavy atom. The number of nitrogens with zero attached hydrogens (tertiary/aromatic N) is 3. The van der Waals surface area contributed by atoms with Crippen molar-refractivity contribution in [1.82, 2.24) is 15.0 Å². The normalized spacial score (nSPS) is 16.8. The number of anilines is 1. The molecule has 0 spiro atoms. The Bertz CT molecular complexity index is 703. The number of alkyl halides is 3. The number of aliphatic hydroxyl groups is 1. The third-order valence-corrected chi connectivity index (χ3v) is 4.37. The molecule has 2 N–H and O–H groups in total. The highest BCUT2D eigenvalue weighted by Crippen LogP contribution is 2.31. The number of halogens is 3. The van der Waals surface area contributed by atoms with E-state index in [1.807, 2.05) is 0 Å². The Morgan fingerprint density at radius 2 is 2.00 bits per heavy atom. The van der Waals surface area contributed by atoms with Crippen molar-refractivity contribution in [2.45, 2.75) is 38.0 Å². The molecular weight excluding hydrogens is 333 g/mol. The molecule has 134 valence electrons. The Balaban J connectivity index is 1.82. The summed E-state index contributed by atoms with van der Waals surface area (Å²) in [4.78, 5) is 11.6.